The van der Waals surface area contributed by atoms with Gasteiger partial charge in [0, 0.05) is 43.4 Å². The van der Waals surface area contributed by atoms with Crippen molar-refractivity contribution in [3.8, 4) is 11.5 Å². The number of aryl methyl sites for hydroxylation is 2. The summed E-state index contributed by atoms with van der Waals surface area (Å²) in [6, 6.07) is 5.91. The number of rotatable bonds is 7. The van der Waals surface area contributed by atoms with Crippen LogP contribution in [-0.2, 0) is 35.8 Å². The van der Waals surface area contributed by atoms with E-state index in [-0.39, 0.29) is 5.92 Å². The minimum Gasteiger partial charge on any atom is -0.334 e. The van der Waals surface area contributed by atoms with Gasteiger partial charge < -0.3 is 4.52 Å². The maximum Gasteiger partial charge on any atom is 0.257 e. The Labute approximate surface area is 205 Å². The van der Waals surface area contributed by atoms with Crippen LogP contribution in [0.15, 0.2) is 58.9 Å². The molecular weight excluding hydrogens is 462 g/mol. The van der Waals surface area contributed by atoms with Crippen molar-refractivity contribution in [2.45, 2.75) is 51.5 Å². The highest BCUT2D eigenvalue weighted by Gasteiger charge is 2.24. The summed E-state index contributed by atoms with van der Waals surface area (Å²) in [5.41, 5.74) is 5.41. The van der Waals surface area contributed by atoms with Crippen molar-refractivity contribution in [3.63, 3.8) is 0 Å². The van der Waals surface area contributed by atoms with E-state index < -0.39 is 10.0 Å². The zero-order valence-corrected chi connectivity index (χ0v) is 20.8. The fourth-order valence-corrected chi connectivity index (χ4v) is 5.25. The Morgan fingerprint density at radius 1 is 1.14 bits per heavy atom. The van der Waals surface area contributed by atoms with E-state index in [9.17, 15) is 8.42 Å². The molecule has 0 spiro atoms. The normalized spacial score (nSPS) is 18.3. The molecule has 182 valence electrons. The molecule has 0 saturated heterocycles. The molecule has 0 bridgehead atoms. The third kappa shape index (κ3) is 5.41. The molecule has 3 heterocycles. The second kappa shape index (κ2) is 9.83. The van der Waals surface area contributed by atoms with E-state index in [1.54, 1.807) is 0 Å². The number of fused-ring (bicyclic) bond motifs is 1. The van der Waals surface area contributed by atoms with Crippen molar-refractivity contribution in [1.82, 2.24) is 24.4 Å². The standard InChI is InChI=1S/C26H29N5O3S/c1-3-18-15-27-25(28-16-18)20-7-4-19(5-8-20)6-11-24-29-26(34-30-24)22-9-10-23-17-31(35(2,32)33)13-12-21(23)14-22/h4-5,7,9-10,14-16,20H,3,6,8,11-13,17H2,1-2H3. The van der Waals surface area contributed by atoms with Gasteiger partial charge in [0.25, 0.3) is 5.89 Å². The van der Waals surface area contributed by atoms with Gasteiger partial charge in [-0.1, -0.05) is 41.9 Å². The van der Waals surface area contributed by atoms with Crippen LogP contribution in [0.2, 0.25) is 0 Å². The van der Waals surface area contributed by atoms with Gasteiger partial charge in [-0.15, -0.1) is 0 Å². The van der Waals surface area contributed by atoms with Crippen LogP contribution in [0.25, 0.3) is 11.5 Å². The summed E-state index contributed by atoms with van der Waals surface area (Å²) in [5, 5.41) is 4.17. The second-order valence-electron chi connectivity index (χ2n) is 9.13. The predicted molar refractivity (Wildman–Crippen MR) is 133 cm³/mol. The highest BCUT2D eigenvalue weighted by Crippen LogP contribution is 2.28. The molecule has 1 unspecified atom stereocenters. The zero-order chi connectivity index (χ0) is 24.4. The summed E-state index contributed by atoms with van der Waals surface area (Å²) in [6.45, 7) is 3.00. The number of hydrogen-bond donors (Lipinski definition) is 0. The van der Waals surface area contributed by atoms with Crippen LogP contribution >= 0.6 is 0 Å². The Bertz CT molecular complexity index is 1380. The van der Waals surface area contributed by atoms with Gasteiger partial charge in [0.1, 0.15) is 5.82 Å². The third-order valence-electron chi connectivity index (χ3n) is 6.65. The molecule has 0 fully saturated rings. The average Bonchev–Trinajstić information content (AvgIpc) is 3.36. The summed E-state index contributed by atoms with van der Waals surface area (Å²) in [6.07, 6.45) is 15.7. The summed E-state index contributed by atoms with van der Waals surface area (Å²) in [5.74, 6) is 2.26. The molecule has 1 atom stereocenters. The van der Waals surface area contributed by atoms with Gasteiger partial charge in [-0.3, -0.25) is 0 Å². The molecule has 8 nitrogen and oxygen atoms in total. The molecule has 1 aliphatic carbocycles. The molecule has 0 amide bonds. The predicted octanol–water partition coefficient (Wildman–Crippen LogP) is 4.01. The number of nitrogens with zero attached hydrogens (tertiary/aromatic N) is 5. The van der Waals surface area contributed by atoms with E-state index in [1.165, 1.54) is 16.1 Å². The number of benzene rings is 1. The van der Waals surface area contributed by atoms with E-state index in [1.807, 2.05) is 30.6 Å². The highest BCUT2D eigenvalue weighted by atomic mass is 32.2. The first kappa shape index (κ1) is 23.6. The molecule has 0 N–H and O–H groups in total. The minimum absolute atomic E-state index is 0.218. The largest absolute Gasteiger partial charge is 0.334 e. The second-order valence-corrected chi connectivity index (χ2v) is 11.1. The molecule has 0 radical (unpaired) electrons. The van der Waals surface area contributed by atoms with E-state index >= 15 is 0 Å². The molecule has 1 aromatic carbocycles. The van der Waals surface area contributed by atoms with Crippen LogP contribution in [-0.4, -0.2) is 45.6 Å². The molecular formula is C26H29N5O3S. The van der Waals surface area contributed by atoms with Gasteiger partial charge >= 0.3 is 0 Å². The maximum absolute atomic E-state index is 11.8. The van der Waals surface area contributed by atoms with Crippen LogP contribution < -0.4 is 0 Å². The van der Waals surface area contributed by atoms with Crippen LogP contribution in [0.3, 0.4) is 0 Å². The van der Waals surface area contributed by atoms with Crippen LogP contribution in [0.1, 0.15) is 54.0 Å². The lowest BCUT2D eigenvalue weighted by Gasteiger charge is -2.26. The summed E-state index contributed by atoms with van der Waals surface area (Å²) >= 11 is 0. The van der Waals surface area contributed by atoms with Gasteiger partial charge in [-0.2, -0.15) is 9.29 Å². The number of aromatic nitrogens is 4. The van der Waals surface area contributed by atoms with E-state index in [2.05, 4.69) is 45.3 Å². The van der Waals surface area contributed by atoms with Crippen molar-refractivity contribution in [2.75, 3.05) is 12.8 Å². The first-order valence-corrected chi connectivity index (χ1v) is 13.8. The Morgan fingerprint density at radius 2 is 1.97 bits per heavy atom. The van der Waals surface area contributed by atoms with Crippen LogP contribution in [0, 0.1) is 0 Å². The van der Waals surface area contributed by atoms with Crippen molar-refractivity contribution < 1.29 is 12.9 Å². The maximum atomic E-state index is 11.8. The topological polar surface area (TPSA) is 102 Å². The van der Waals surface area contributed by atoms with Crippen molar-refractivity contribution in [1.29, 1.82) is 0 Å². The Balaban J connectivity index is 1.18. The first-order chi connectivity index (χ1) is 16.9. The molecule has 5 rings (SSSR count). The smallest absolute Gasteiger partial charge is 0.257 e. The Morgan fingerprint density at radius 3 is 2.69 bits per heavy atom. The fourth-order valence-electron chi connectivity index (χ4n) is 4.45. The number of allylic oxidation sites excluding steroid dienone is 4. The molecule has 9 heteroatoms. The Hall–Kier alpha value is -3.17. The van der Waals surface area contributed by atoms with Crippen LogP contribution in [0.4, 0.5) is 0 Å². The number of hydrogen-bond acceptors (Lipinski definition) is 7. The van der Waals surface area contributed by atoms with Crippen molar-refractivity contribution in [3.05, 3.63) is 82.7 Å². The molecule has 0 saturated carbocycles. The lowest BCUT2D eigenvalue weighted by molar-refractivity contribution is 0.394. The van der Waals surface area contributed by atoms with Gasteiger partial charge in [-0.05, 0) is 54.5 Å². The van der Waals surface area contributed by atoms with E-state index in [0.717, 1.165) is 47.3 Å². The molecule has 35 heavy (non-hydrogen) atoms. The fraction of sp³-hybridized carbons (Fsp3) is 0.385. The lowest BCUT2D eigenvalue weighted by Crippen LogP contribution is -2.35. The van der Waals surface area contributed by atoms with E-state index in [4.69, 9.17) is 4.52 Å². The quantitative estimate of drug-likeness (QED) is 0.492. The zero-order valence-electron chi connectivity index (χ0n) is 20.0. The number of sulfonamides is 1. The first-order valence-electron chi connectivity index (χ1n) is 12.0. The van der Waals surface area contributed by atoms with Gasteiger partial charge in [-0.25, -0.2) is 18.4 Å². The molecule has 1 aliphatic heterocycles. The van der Waals surface area contributed by atoms with E-state index in [0.29, 0.717) is 37.6 Å². The molecule has 2 aromatic heterocycles. The van der Waals surface area contributed by atoms with Gasteiger partial charge in [0.15, 0.2) is 5.82 Å². The summed E-state index contributed by atoms with van der Waals surface area (Å²) in [4.78, 5) is 13.6. The van der Waals surface area contributed by atoms with Gasteiger partial charge in [0.05, 0.1) is 6.26 Å². The van der Waals surface area contributed by atoms with Gasteiger partial charge in [0.2, 0.25) is 10.0 Å². The molecule has 2 aliphatic rings. The third-order valence-corrected chi connectivity index (χ3v) is 7.90. The minimum atomic E-state index is -3.19. The lowest BCUT2D eigenvalue weighted by atomic mass is 9.94. The van der Waals surface area contributed by atoms with Crippen molar-refractivity contribution >= 4 is 10.0 Å². The average molecular weight is 492 g/mol. The SMILES string of the molecule is CCc1cnc(C2C=CC(CCc3noc(-c4ccc5c(c4)CCN(S(C)(=O)=O)C5)n3)=CC2)nc1. The highest BCUT2D eigenvalue weighted by molar-refractivity contribution is 7.88. The summed E-state index contributed by atoms with van der Waals surface area (Å²) in [7, 11) is -3.19. The Kier molecular flexibility index (Phi) is 6.62. The monoisotopic (exact) mass is 491 g/mol. The molecule has 3 aromatic rings. The van der Waals surface area contributed by atoms with Crippen LogP contribution in [0.5, 0.6) is 0 Å². The van der Waals surface area contributed by atoms with Crippen molar-refractivity contribution in [2.24, 2.45) is 0 Å². The summed E-state index contributed by atoms with van der Waals surface area (Å²) < 4.78 is 30.7.